The lowest BCUT2D eigenvalue weighted by atomic mass is 9.97. The van der Waals surface area contributed by atoms with Gasteiger partial charge in [-0.25, -0.2) is 0 Å². The van der Waals surface area contributed by atoms with Crippen molar-refractivity contribution in [2.24, 2.45) is 0 Å². The van der Waals surface area contributed by atoms with E-state index in [2.05, 4.69) is 46.8 Å². The molecule has 2 N–H and O–H groups in total. The maximum atomic E-state index is 3.45. The van der Waals surface area contributed by atoms with E-state index in [1.54, 1.807) is 0 Å². The Morgan fingerprint density at radius 1 is 0.905 bits per heavy atom. The molecule has 1 aliphatic carbocycles. The first-order chi connectivity index (χ1) is 10.4. The van der Waals surface area contributed by atoms with Crippen molar-refractivity contribution >= 4 is 22.3 Å². The fourth-order valence-electron chi connectivity index (χ4n) is 3.49. The van der Waals surface area contributed by atoms with E-state index < -0.39 is 0 Å². The smallest absolute Gasteiger partial charge is 0.0477 e. The molecule has 0 unspecified atom stereocenters. The lowest BCUT2D eigenvalue weighted by Gasteiger charge is -2.09. The van der Waals surface area contributed by atoms with Crippen LogP contribution in [0.5, 0.6) is 0 Å². The number of hydrogen-bond acceptors (Lipinski definition) is 1. The number of para-hydroxylation sites is 1. The molecule has 0 bridgehead atoms. The summed E-state index contributed by atoms with van der Waals surface area (Å²) in [6, 6.07) is 17.0. The maximum absolute atomic E-state index is 3.45. The third-order valence-corrected chi connectivity index (χ3v) is 4.57. The molecule has 2 nitrogen and oxygen atoms in total. The molecule has 0 amide bonds. The van der Waals surface area contributed by atoms with Crippen LogP contribution in [0.3, 0.4) is 0 Å². The predicted molar refractivity (Wildman–Crippen MR) is 89.2 cm³/mol. The van der Waals surface area contributed by atoms with E-state index in [0.717, 1.165) is 17.3 Å². The Labute approximate surface area is 125 Å². The zero-order valence-electron chi connectivity index (χ0n) is 12.1. The van der Waals surface area contributed by atoms with Gasteiger partial charge in [-0.3, -0.25) is 0 Å². The van der Waals surface area contributed by atoms with E-state index >= 15 is 0 Å². The van der Waals surface area contributed by atoms with Crippen molar-refractivity contribution in [2.45, 2.75) is 31.6 Å². The molecule has 21 heavy (non-hydrogen) atoms. The van der Waals surface area contributed by atoms with Crippen LogP contribution in [0, 0.1) is 0 Å². The lowest BCUT2D eigenvalue weighted by Crippen LogP contribution is -1.91. The number of aromatic amines is 1. The molecule has 1 heterocycles. The molecule has 0 atom stereocenters. The van der Waals surface area contributed by atoms with E-state index in [1.165, 1.54) is 42.1 Å². The molecule has 3 aromatic rings. The van der Waals surface area contributed by atoms with Crippen LogP contribution in [0.4, 0.5) is 11.4 Å². The normalized spacial score (nSPS) is 15.6. The van der Waals surface area contributed by atoms with Crippen LogP contribution in [-0.2, 0) is 0 Å². The van der Waals surface area contributed by atoms with Crippen molar-refractivity contribution in [2.75, 3.05) is 5.32 Å². The largest absolute Gasteiger partial charge is 0.361 e. The Hall–Kier alpha value is -2.22. The van der Waals surface area contributed by atoms with Gasteiger partial charge in [0.15, 0.2) is 0 Å². The monoisotopic (exact) mass is 276 g/mol. The van der Waals surface area contributed by atoms with Crippen LogP contribution in [0.15, 0.2) is 54.7 Å². The second-order valence-corrected chi connectivity index (χ2v) is 5.98. The third-order valence-electron chi connectivity index (χ3n) is 4.57. The average molecular weight is 276 g/mol. The van der Waals surface area contributed by atoms with Gasteiger partial charge in [0.1, 0.15) is 0 Å². The van der Waals surface area contributed by atoms with Gasteiger partial charge in [0.2, 0.25) is 0 Å². The van der Waals surface area contributed by atoms with E-state index in [4.69, 9.17) is 0 Å². The first-order valence-electron chi connectivity index (χ1n) is 7.83. The number of aromatic nitrogens is 1. The predicted octanol–water partition coefficient (Wildman–Crippen LogP) is 5.57. The zero-order valence-corrected chi connectivity index (χ0v) is 12.1. The summed E-state index contributed by atoms with van der Waals surface area (Å²) in [7, 11) is 0. The molecule has 2 heteroatoms. The molecule has 1 aromatic heterocycles. The number of hydrogen-bond donors (Lipinski definition) is 2. The van der Waals surface area contributed by atoms with Crippen LogP contribution in [-0.4, -0.2) is 4.98 Å². The second-order valence-electron chi connectivity index (χ2n) is 5.98. The van der Waals surface area contributed by atoms with E-state index in [0.29, 0.717) is 0 Å². The fraction of sp³-hybridized carbons (Fsp3) is 0.263. The first kappa shape index (κ1) is 12.5. The number of H-pyrrole nitrogens is 1. The van der Waals surface area contributed by atoms with Crippen molar-refractivity contribution in [3.05, 3.63) is 60.3 Å². The molecule has 2 aromatic carbocycles. The Bertz CT molecular complexity index is 737. The number of rotatable bonds is 3. The van der Waals surface area contributed by atoms with Gasteiger partial charge in [-0.15, -0.1) is 0 Å². The van der Waals surface area contributed by atoms with Crippen molar-refractivity contribution in [1.82, 2.24) is 4.98 Å². The highest BCUT2D eigenvalue weighted by Crippen LogP contribution is 2.38. The molecule has 0 radical (unpaired) electrons. The van der Waals surface area contributed by atoms with Crippen LogP contribution in [0.25, 0.3) is 10.9 Å². The second kappa shape index (κ2) is 5.28. The minimum atomic E-state index is 0.756. The average Bonchev–Trinajstić information content (AvgIpc) is 3.16. The van der Waals surface area contributed by atoms with Gasteiger partial charge in [0.25, 0.3) is 0 Å². The van der Waals surface area contributed by atoms with Crippen molar-refractivity contribution in [1.29, 1.82) is 0 Å². The summed E-state index contributed by atoms with van der Waals surface area (Å²) in [5, 5.41) is 4.84. The summed E-state index contributed by atoms with van der Waals surface area (Å²) in [5.41, 5.74) is 5.00. The summed E-state index contributed by atoms with van der Waals surface area (Å²) < 4.78 is 0. The fourth-order valence-corrected chi connectivity index (χ4v) is 3.49. The number of nitrogens with one attached hydrogen (secondary N) is 2. The van der Waals surface area contributed by atoms with Crippen LogP contribution in [0.1, 0.15) is 37.2 Å². The minimum absolute atomic E-state index is 0.756. The van der Waals surface area contributed by atoms with E-state index in [-0.39, 0.29) is 0 Å². The van der Waals surface area contributed by atoms with Gasteiger partial charge in [-0.1, -0.05) is 37.1 Å². The Morgan fingerprint density at radius 3 is 2.52 bits per heavy atom. The molecule has 0 saturated heterocycles. The van der Waals surface area contributed by atoms with Crippen molar-refractivity contribution in [3.63, 3.8) is 0 Å². The van der Waals surface area contributed by atoms with E-state index in [9.17, 15) is 0 Å². The van der Waals surface area contributed by atoms with Gasteiger partial charge in [-0.05, 0) is 48.6 Å². The highest BCUT2D eigenvalue weighted by Gasteiger charge is 2.19. The molecule has 106 valence electrons. The molecule has 1 saturated carbocycles. The van der Waals surface area contributed by atoms with Crippen molar-refractivity contribution < 1.29 is 0 Å². The lowest BCUT2D eigenvalue weighted by molar-refractivity contribution is 0.729. The molecule has 4 rings (SSSR count). The maximum Gasteiger partial charge on any atom is 0.0477 e. The summed E-state index contributed by atoms with van der Waals surface area (Å²) in [6.45, 7) is 0. The van der Waals surface area contributed by atoms with Gasteiger partial charge >= 0.3 is 0 Å². The summed E-state index contributed by atoms with van der Waals surface area (Å²) in [5.74, 6) is 0.756. The highest BCUT2D eigenvalue weighted by atomic mass is 14.9. The third kappa shape index (κ3) is 2.42. The van der Waals surface area contributed by atoms with Crippen molar-refractivity contribution in [3.8, 4) is 0 Å². The molecule has 1 aliphatic rings. The van der Waals surface area contributed by atoms with Gasteiger partial charge in [0, 0.05) is 28.5 Å². The number of benzene rings is 2. The Morgan fingerprint density at radius 2 is 1.71 bits per heavy atom. The van der Waals surface area contributed by atoms with Gasteiger partial charge in [0.05, 0.1) is 0 Å². The molecule has 1 fully saturated rings. The standard InChI is InChI=1S/C19H20N2/c1-2-8-15(9-3-1)21-16-10-11-17-18(13-20-19(17)12-16)14-6-4-5-7-14/h1-3,8-14,20-21H,4-7H2. The van der Waals surface area contributed by atoms with Crippen LogP contribution >= 0.6 is 0 Å². The first-order valence-corrected chi connectivity index (χ1v) is 7.83. The summed E-state index contributed by atoms with van der Waals surface area (Å²) in [6.07, 6.45) is 7.66. The topological polar surface area (TPSA) is 27.8 Å². The SMILES string of the molecule is c1ccc(Nc2ccc3c(C4CCCC4)c[nH]c3c2)cc1. The van der Waals surface area contributed by atoms with Crippen LogP contribution in [0.2, 0.25) is 0 Å². The minimum Gasteiger partial charge on any atom is -0.361 e. The van der Waals surface area contributed by atoms with E-state index in [1.807, 2.05) is 18.2 Å². The quantitative estimate of drug-likeness (QED) is 0.643. The molecular weight excluding hydrogens is 256 g/mol. The number of anilines is 2. The van der Waals surface area contributed by atoms with Crippen LogP contribution < -0.4 is 5.32 Å². The zero-order chi connectivity index (χ0) is 14.1. The van der Waals surface area contributed by atoms with Gasteiger partial charge < -0.3 is 10.3 Å². The molecule has 0 spiro atoms. The Kier molecular flexibility index (Phi) is 3.15. The molecule has 0 aliphatic heterocycles. The molecular formula is C19H20N2. The summed E-state index contributed by atoms with van der Waals surface area (Å²) in [4.78, 5) is 3.45. The van der Waals surface area contributed by atoms with Gasteiger partial charge in [-0.2, -0.15) is 0 Å². The summed E-state index contributed by atoms with van der Waals surface area (Å²) >= 11 is 0. The number of fused-ring (bicyclic) bond motifs is 1. The Balaban J connectivity index is 1.65. The highest BCUT2D eigenvalue weighted by molar-refractivity contribution is 5.87.